The average molecular weight is 692 g/mol. The molecule has 1 aromatic heterocycles. The van der Waals surface area contributed by atoms with E-state index >= 15 is 0 Å². The lowest BCUT2D eigenvalue weighted by Crippen LogP contribution is -2.47. The molecule has 4 aromatic carbocycles. The fourth-order valence-electron chi connectivity index (χ4n) is 5.50. The van der Waals surface area contributed by atoms with E-state index < -0.39 is 5.82 Å². The molecule has 0 saturated carbocycles. The molecule has 2 heterocycles. The number of piperazine rings is 1. The van der Waals surface area contributed by atoms with Crippen LogP contribution in [0.1, 0.15) is 27.8 Å². The molecular weight excluding hydrogens is 653 g/mol. The minimum Gasteiger partial charge on any atom is -0.493 e. The summed E-state index contributed by atoms with van der Waals surface area (Å²) in [5, 5.41) is 0.627. The molecule has 0 spiro atoms. The van der Waals surface area contributed by atoms with Crippen LogP contribution in [0, 0.1) is 12.7 Å². The van der Waals surface area contributed by atoms with Gasteiger partial charge in [0.15, 0.2) is 11.6 Å². The monoisotopic (exact) mass is 691 g/mol. The van der Waals surface area contributed by atoms with Gasteiger partial charge in [0.2, 0.25) is 11.8 Å². The summed E-state index contributed by atoms with van der Waals surface area (Å²) in [7, 11) is 0. The van der Waals surface area contributed by atoms with Gasteiger partial charge in [0.05, 0.1) is 12.8 Å². The van der Waals surface area contributed by atoms with Crippen molar-refractivity contribution < 1.29 is 23.4 Å². The number of carbonyl (C=O) groups excluding carboxylic acids is 1. The summed E-state index contributed by atoms with van der Waals surface area (Å²) in [5.41, 5.74) is 5.12. The van der Waals surface area contributed by atoms with Crippen LogP contribution in [-0.2, 0) is 24.4 Å². The first-order chi connectivity index (χ1) is 24.4. The van der Waals surface area contributed by atoms with Gasteiger partial charge in [-0.15, -0.1) is 0 Å². The molecule has 7 nitrogen and oxygen atoms in total. The van der Waals surface area contributed by atoms with Crippen LogP contribution in [0.25, 0.3) is 6.08 Å². The van der Waals surface area contributed by atoms with Crippen LogP contribution in [0.4, 0.5) is 4.39 Å². The fourth-order valence-corrected chi connectivity index (χ4v) is 5.69. The zero-order valence-corrected chi connectivity index (χ0v) is 28.7. The molecular formula is C41H39ClFN3O4. The van der Waals surface area contributed by atoms with Crippen molar-refractivity contribution in [3.8, 4) is 23.1 Å². The highest BCUT2D eigenvalue weighted by molar-refractivity contribution is 6.31. The van der Waals surface area contributed by atoms with Crippen molar-refractivity contribution in [2.24, 2.45) is 0 Å². The predicted molar refractivity (Wildman–Crippen MR) is 194 cm³/mol. The van der Waals surface area contributed by atoms with Gasteiger partial charge in [-0.1, -0.05) is 77.8 Å². The summed E-state index contributed by atoms with van der Waals surface area (Å²) in [6.45, 7) is 6.68. The molecule has 6 rings (SSSR count). The largest absolute Gasteiger partial charge is 0.493 e. The molecule has 1 amide bonds. The second kappa shape index (κ2) is 17.0. The number of hydrogen-bond acceptors (Lipinski definition) is 6. The minimum absolute atomic E-state index is 0.0311. The van der Waals surface area contributed by atoms with Gasteiger partial charge in [-0.3, -0.25) is 9.69 Å². The van der Waals surface area contributed by atoms with Gasteiger partial charge in [-0.25, -0.2) is 9.37 Å². The van der Waals surface area contributed by atoms with Crippen LogP contribution in [0.2, 0.25) is 5.02 Å². The van der Waals surface area contributed by atoms with Crippen molar-refractivity contribution in [2.45, 2.75) is 26.5 Å². The zero-order chi connectivity index (χ0) is 34.7. The van der Waals surface area contributed by atoms with Crippen molar-refractivity contribution in [2.75, 3.05) is 32.8 Å². The van der Waals surface area contributed by atoms with E-state index in [2.05, 4.69) is 53.2 Å². The molecule has 1 aliphatic heterocycles. The third kappa shape index (κ3) is 9.94. The van der Waals surface area contributed by atoms with E-state index in [9.17, 15) is 9.18 Å². The van der Waals surface area contributed by atoms with Crippen molar-refractivity contribution in [3.63, 3.8) is 0 Å². The Morgan fingerprint density at radius 2 is 1.60 bits per heavy atom. The highest BCUT2D eigenvalue weighted by atomic mass is 35.5. The Morgan fingerprint density at radius 3 is 2.32 bits per heavy atom. The molecule has 1 fully saturated rings. The number of ether oxygens (including phenoxy) is 3. The van der Waals surface area contributed by atoms with E-state index in [1.54, 1.807) is 30.3 Å². The van der Waals surface area contributed by atoms with Crippen LogP contribution >= 0.6 is 11.6 Å². The molecule has 50 heavy (non-hydrogen) atoms. The number of aryl methyl sites for hydroxylation is 1. The van der Waals surface area contributed by atoms with Crippen molar-refractivity contribution in [1.82, 2.24) is 14.8 Å². The highest BCUT2D eigenvalue weighted by Crippen LogP contribution is 2.26. The van der Waals surface area contributed by atoms with Gasteiger partial charge in [-0.2, -0.15) is 0 Å². The topological polar surface area (TPSA) is 64.1 Å². The number of pyridine rings is 1. The molecule has 0 aliphatic carbocycles. The Hall–Kier alpha value is -5.18. The standard InChI is InChI=1S/C41H39ClFN3O4/c1-30-6-14-35(15-7-30)48-25-20-31-8-10-33(11-9-31)28-45-21-23-46(24-22-45)41(47)19-13-32-12-17-39(38(43)26-32)50-40-18-16-36(27-44-40)49-29-34-4-2-3-5-37(34)42/h2-19,26-27H,20-25,28-29H2,1H3. The zero-order valence-electron chi connectivity index (χ0n) is 27.9. The number of halogens is 2. The van der Waals surface area contributed by atoms with Gasteiger partial charge >= 0.3 is 0 Å². The third-order valence-electron chi connectivity index (χ3n) is 8.44. The number of benzene rings is 4. The maximum absolute atomic E-state index is 14.9. The number of amides is 1. The van der Waals surface area contributed by atoms with Gasteiger partial charge in [-0.05, 0) is 66.1 Å². The van der Waals surface area contributed by atoms with E-state index in [4.69, 9.17) is 25.8 Å². The second-order valence-corrected chi connectivity index (χ2v) is 12.6. The normalized spacial score (nSPS) is 13.4. The van der Waals surface area contributed by atoms with E-state index in [0.29, 0.717) is 42.6 Å². The molecule has 0 radical (unpaired) electrons. The number of nitrogens with zero attached hydrogens (tertiary/aromatic N) is 3. The summed E-state index contributed by atoms with van der Waals surface area (Å²) in [6, 6.07) is 32.1. The summed E-state index contributed by atoms with van der Waals surface area (Å²) < 4.78 is 32.1. The molecule has 5 aromatic rings. The maximum atomic E-state index is 14.9. The first-order valence-corrected chi connectivity index (χ1v) is 17.0. The molecule has 256 valence electrons. The Labute approximate surface area is 297 Å². The van der Waals surface area contributed by atoms with Crippen molar-refractivity contribution in [1.29, 1.82) is 0 Å². The summed E-state index contributed by atoms with van der Waals surface area (Å²) in [6.07, 6.45) is 5.48. The van der Waals surface area contributed by atoms with Gasteiger partial charge in [0.25, 0.3) is 0 Å². The Kier molecular flexibility index (Phi) is 11.8. The summed E-state index contributed by atoms with van der Waals surface area (Å²) in [4.78, 5) is 21.3. The number of rotatable bonds is 13. The van der Waals surface area contributed by atoms with Crippen LogP contribution in [0.15, 0.2) is 115 Å². The Balaban J connectivity index is 0.914. The lowest BCUT2D eigenvalue weighted by atomic mass is 10.1. The predicted octanol–water partition coefficient (Wildman–Crippen LogP) is 8.53. The number of hydrogen-bond donors (Lipinski definition) is 0. The number of carbonyl (C=O) groups is 1. The Bertz CT molecular complexity index is 1890. The maximum Gasteiger partial charge on any atom is 0.246 e. The highest BCUT2D eigenvalue weighted by Gasteiger charge is 2.20. The molecule has 9 heteroatoms. The number of aromatic nitrogens is 1. The van der Waals surface area contributed by atoms with Gasteiger partial charge in [0.1, 0.15) is 18.1 Å². The molecule has 1 saturated heterocycles. The SMILES string of the molecule is Cc1ccc(OCCc2ccc(CN3CCN(C(=O)C=Cc4ccc(Oc5ccc(OCc6ccccc6Cl)cn5)c(F)c4)CC3)cc2)cc1. The second-order valence-electron chi connectivity index (χ2n) is 12.2. The summed E-state index contributed by atoms with van der Waals surface area (Å²) in [5.74, 6) is 1.03. The molecule has 0 N–H and O–H groups in total. The lowest BCUT2D eigenvalue weighted by molar-refractivity contribution is -0.127. The minimum atomic E-state index is -0.558. The van der Waals surface area contributed by atoms with Crippen LogP contribution < -0.4 is 14.2 Å². The molecule has 1 aliphatic rings. The molecule has 0 unspecified atom stereocenters. The Morgan fingerprint density at radius 1 is 0.860 bits per heavy atom. The van der Waals surface area contributed by atoms with Gasteiger partial charge < -0.3 is 19.1 Å². The quantitative estimate of drug-likeness (QED) is 0.115. The first kappa shape index (κ1) is 34.7. The third-order valence-corrected chi connectivity index (χ3v) is 8.81. The van der Waals surface area contributed by atoms with E-state index in [1.165, 1.54) is 41.1 Å². The van der Waals surface area contributed by atoms with Crippen molar-refractivity contribution >= 4 is 23.6 Å². The smallest absolute Gasteiger partial charge is 0.246 e. The first-order valence-electron chi connectivity index (χ1n) is 16.6. The molecule has 0 atom stereocenters. The van der Waals surface area contributed by atoms with E-state index in [-0.39, 0.29) is 17.5 Å². The van der Waals surface area contributed by atoms with Crippen LogP contribution in [-0.4, -0.2) is 53.5 Å². The van der Waals surface area contributed by atoms with Crippen molar-refractivity contribution in [3.05, 3.63) is 154 Å². The van der Waals surface area contributed by atoms with Crippen LogP contribution in [0.5, 0.6) is 23.1 Å². The average Bonchev–Trinajstić information content (AvgIpc) is 3.14. The fraction of sp³-hybridized carbons (Fsp3) is 0.220. The lowest BCUT2D eigenvalue weighted by Gasteiger charge is -2.34. The van der Waals surface area contributed by atoms with E-state index in [0.717, 1.165) is 37.4 Å². The molecule has 0 bridgehead atoms. The van der Waals surface area contributed by atoms with Gasteiger partial charge in [0, 0.05) is 61.9 Å². The van der Waals surface area contributed by atoms with Crippen LogP contribution in [0.3, 0.4) is 0 Å². The summed E-state index contributed by atoms with van der Waals surface area (Å²) >= 11 is 6.18. The van der Waals surface area contributed by atoms with E-state index in [1.807, 2.05) is 35.2 Å².